The molecule has 0 fully saturated rings. The molecule has 5 N–H and O–H groups in total. The van der Waals surface area contributed by atoms with Crippen LogP contribution in [0.1, 0.15) is 12.8 Å². The van der Waals surface area contributed by atoms with Gasteiger partial charge in [0.05, 0.1) is 5.69 Å². The highest BCUT2D eigenvalue weighted by molar-refractivity contribution is 7.89. The molecular weight excluding hydrogens is 278 g/mol. The van der Waals surface area contributed by atoms with E-state index in [4.69, 9.17) is 23.1 Å². The molecule has 6 nitrogen and oxygen atoms in total. The monoisotopic (exact) mass is 291 g/mol. The molecule has 1 aromatic rings. The number of rotatable bonds is 6. The van der Waals surface area contributed by atoms with Gasteiger partial charge in [-0.3, -0.25) is 4.79 Å². The van der Waals surface area contributed by atoms with Crippen molar-refractivity contribution in [3.8, 4) is 0 Å². The number of anilines is 1. The summed E-state index contributed by atoms with van der Waals surface area (Å²) in [4.78, 5) is 10.5. The number of carbonyl (C=O) groups is 1. The number of amides is 1. The Balaban J connectivity index is 2.71. The van der Waals surface area contributed by atoms with E-state index in [1.165, 1.54) is 18.2 Å². The van der Waals surface area contributed by atoms with Gasteiger partial charge in [0.15, 0.2) is 0 Å². The number of sulfonamides is 1. The maximum absolute atomic E-state index is 11.9. The van der Waals surface area contributed by atoms with Crippen molar-refractivity contribution in [2.24, 2.45) is 5.73 Å². The predicted molar refractivity (Wildman–Crippen MR) is 69.5 cm³/mol. The summed E-state index contributed by atoms with van der Waals surface area (Å²) < 4.78 is 26.0. The first kappa shape index (κ1) is 14.7. The zero-order valence-corrected chi connectivity index (χ0v) is 11.1. The smallest absolute Gasteiger partial charge is 0.242 e. The highest BCUT2D eigenvalue weighted by atomic mass is 35.5. The summed E-state index contributed by atoms with van der Waals surface area (Å²) in [6.07, 6.45) is 0.459. The van der Waals surface area contributed by atoms with Gasteiger partial charge in [-0.1, -0.05) is 11.6 Å². The third kappa shape index (κ3) is 4.17. The van der Waals surface area contributed by atoms with Crippen LogP contribution in [0.25, 0.3) is 0 Å². The van der Waals surface area contributed by atoms with Gasteiger partial charge in [0.1, 0.15) is 4.90 Å². The molecule has 0 radical (unpaired) electrons. The van der Waals surface area contributed by atoms with Crippen molar-refractivity contribution in [1.82, 2.24) is 4.72 Å². The molecular formula is C10H14ClN3O3S. The molecule has 1 aromatic carbocycles. The van der Waals surface area contributed by atoms with Crippen LogP contribution in [-0.4, -0.2) is 20.9 Å². The molecule has 0 saturated heterocycles. The SMILES string of the molecule is NC(=O)CCCNS(=O)(=O)c1ccc(Cl)cc1N. The van der Waals surface area contributed by atoms with E-state index in [-0.39, 0.29) is 23.5 Å². The normalized spacial score (nSPS) is 11.4. The van der Waals surface area contributed by atoms with E-state index >= 15 is 0 Å². The van der Waals surface area contributed by atoms with Gasteiger partial charge in [0.25, 0.3) is 0 Å². The highest BCUT2D eigenvalue weighted by Crippen LogP contribution is 2.22. The molecule has 0 aliphatic carbocycles. The van der Waals surface area contributed by atoms with Crippen LogP contribution in [0, 0.1) is 0 Å². The predicted octanol–water partition coefficient (Wildman–Crippen LogP) is 0.466. The maximum Gasteiger partial charge on any atom is 0.242 e. The number of hydrogen-bond donors (Lipinski definition) is 3. The van der Waals surface area contributed by atoms with Crippen LogP contribution in [-0.2, 0) is 14.8 Å². The maximum atomic E-state index is 11.9. The van der Waals surface area contributed by atoms with Gasteiger partial charge in [-0.05, 0) is 24.6 Å². The number of nitrogen functional groups attached to an aromatic ring is 1. The number of nitrogens with one attached hydrogen (secondary N) is 1. The van der Waals surface area contributed by atoms with Crippen molar-refractivity contribution >= 4 is 33.2 Å². The van der Waals surface area contributed by atoms with Crippen LogP contribution in [0.4, 0.5) is 5.69 Å². The molecule has 0 spiro atoms. The highest BCUT2D eigenvalue weighted by Gasteiger charge is 2.16. The standard InChI is InChI=1S/C10H14ClN3O3S/c11-7-3-4-9(8(12)6-7)18(16,17)14-5-1-2-10(13)15/h3-4,6,14H,1-2,5,12H2,(H2,13,15). The first-order valence-electron chi connectivity index (χ1n) is 5.16. The van der Waals surface area contributed by atoms with Crippen LogP contribution in [0.2, 0.25) is 5.02 Å². The first-order valence-corrected chi connectivity index (χ1v) is 7.02. The zero-order chi connectivity index (χ0) is 13.8. The van der Waals surface area contributed by atoms with E-state index in [1.807, 2.05) is 0 Å². The second-order valence-electron chi connectivity index (χ2n) is 3.65. The summed E-state index contributed by atoms with van der Waals surface area (Å²) in [5, 5.41) is 0.361. The van der Waals surface area contributed by atoms with Crippen LogP contribution >= 0.6 is 11.6 Å². The Morgan fingerprint density at radius 1 is 1.39 bits per heavy atom. The molecule has 1 amide bonds. The number of carbonyl (C=O) groups excluding carboxylic acids is 1. The number of hydrogen-bond acceptors (Lipinski definition) is 4. The molecule has 0 saturated carbocycles. The number of primary amides is 1. The van der Waals surface area contributed by atoms with E-state index < -0.39 is 15.9 Å². The Labute approximate surface area is 110 Å². The lowest BCUT2D eigenvalue weighted by molar-refractivity contribution is -0.118. The lowest BCUT2D eigenvalue weighted by atomic mass is 10.3. The van der Waals surface area contributed by atoms with Crippen molar-refractivity contribution in [2.75, 3.05) is 12.3 Å². The van der Waals surface area contributed by atoms with Gasteiger partial charge in [-0.15, -0.1) is 0 Å². The van der Waals surface area contributed by atoms with Gasteiger partial charge in [0, 0.05) is 18.0 Å². The van der Waals surface area contributed by atoms with E-state index in [1.54, 1.807) is 0 Å². The quantitative estimate of drug-likeness (QED) is 0.522. The fourth-order valence-electron chi connectivity index (χ4n) is 1.31. The summed E-state index contributed by atoms with van der Waals surface area (Å²) in [5.74, 6) is -0.472. The van der Waals surface area contributed by atoms with Crippen LogP contribution < -0.4 is 16.2 Å². The third-order valence-corrected chi connectivity index (χ3v) is 3.92. The number of nitrogens with two attached hydrogens (primary N) is 2. The molecule has 0 aliphatic rings. The minimum atomic E-state index is -3.69. The fourth-order valence-corrected chi connectivity index (χ4v) is 2.68. The molecule has 0 atom stereocenters. The van der Waals surface area contributed by atoms with Crippen molar-refractivity contribution in [2.45, 2.75) is 17.7 Å². The fraction of sp³-hybridized carbons (Fsp3) is 0.300. The van der Waals surface area contributed by atoms with Gasteiger partial charge in [0.2, 0.25) is 15.9 Å². The molecule has 18 heavy (non-hydrogen) atoms. The molecule has 1 rings (SSSR count). The summed E-state index contributed by atoms with van der Waals surface area (Å²) in [6.45, 7) is 0.118. The van der Waals surface area contributed by atoms with Crippen LogP contribution in [0.5, 0.6) is 0 Å². The van der Waals surface area contributed by atoms with Crippen molar-refractivity contribution in [3.05, 3.63) is 23.2 Å². The summed E-state index contributed by atoms with van der Waals surface area (Å²) in [6, 6.07) is 4.13. The van der Waals surface area contributed by atoms with E-state index in [9.17, 15) is 13.2 Å². The molecule has 0 aliphatic heterocycles. The van der Waals surface area contributed by atoms with E-state index in [0.717, 1.165) is 0 Å². The van der Waals surface area contributed by atoms with Gasteiger partial charge in [-0.2, -0.15) is 0 Å². The third-order valence-electron chi connectivity index (χ3n) is 2.15. The second-order valence-corrected chi connectivity index (χ2v) is 5.82. The molecule has 0 aromatic heterocycles. The minimum Gasteiger partial charge on any atom is -0.398 e. The van der Waals surface area contributed by atoms with Crippen LogP contribution in [0.15, 0.2) is 23.1 Å². The molecule has 0 heterocycles. The molecule has 100 valence electrons. The lowest BCUT2D eigenvalue weighted by Crippen LogP contribution is -2.26. The van der Waals surface area contributed by atoms with Gasteiger partial charge < -0.3 is 11.5 Å². The average molecular weight is 292 g/mol. The van der Waals surface area contributed by atoms with Crippen LogP contribution in [0.3, 0.4) is 0 Å². The largest absolute Gasteiger partial charge is 0.398 e. The van der Waals surface area contributed by atoms with Crippen molar-refractivity contribution < 1.29 is 13.2 Å². The van der Waals surface area contributed by atoms with Gasteiger partial charge >= 0.3 is 0 Å². The molecule has 0 unspecified atom stereocenters. The minimum absolute atomic E-state index is 0.0361. The van der Waals surface area contributed by atoms with Crippen molar-refractivity contribution in [1.29, 1.82) is 0 Å². The Bertz CT molecular complexity index is 545. The Kier molecular flexibility index (Phi) is 4.94. The summed E-state index contributed by atoms with van der Waals surface area (Å²) >= 11 is 5.68. The Morgan fingerprint density at radius 2 is 2.06 bits per heavy atom. The second kappa shape index (κ2) is 6.03. The first-order chi connectivity index (χ1) is 8.33. The Hall–Kier alpha value is -1.31. The summed E-state index contributed by atoms with van der Waals surface area (Å²) in [5.41, 5.74) is 10.6. The average Bonchev–Trinajstić information content (AvgIpc) is 2.23. The lowest BCUT2D eigenvalue weighted by Gasteiger charge is -2.08. The number of benzene rings is 1. The van der Waals surface area contributed by atoms with E-state index in [0.29, 0.717) is 11.4 Å². The van der Waals surface area contributed by atoms with Gasteiger partial charge in [-0.25, -0.2) is 13.1 Å². The summed E-state index contributed by atoms with van der Waals surface area (Å²) in [7, 11) is -3.69. The zero-order valence-electron chi connectivity index (χ0n) is 9.52. The van der Waals surface area contributed by atoms with E-state index in [2.05, 4.69) is 4.72 Å². The molecule has 0 bridgehead atoms. The molecule has 8 heteroatoms. The number of halogens is 1. The van der Waals surface area contributed by atoms with Crippen molar-refractivity contribution in [3.63, 3.8) is 0 Å². The Morgan fingerprint density at radius 3 is 2.61 bits per heavy atom. The topological polar surface area (TPSA) is 115 Å².